The summed E-state index contributed by atoms with van der Waals surface area (Å²) in [5.41, 5.74) is 0.722. The molecule has 0 aliphatic heterocycles. The van der Waals surface area contributed by atoms with E-state index < -0.39 is 0 Å². The van der Waals surface area contributed by atoms with E-state index in [0.29, 0.717) is 12.3 Å². The number of amides is 1. The van der Waals surface area contributed by atoms with Gasteiger partial charge in [-0.05, 0) is 48.6 Å². The first-order valence-corrected chi connectivity index (χ1v) is 8.19. The maximum Gasteiger partial charge on any atom is 0.287 e. The maximum atomic E-state index is 12.9. The first-order chi connectivity index (χ1) is 10.7. The van der Waals surface area contributed by atoms with Crippen molar-refractivity contribution in [2.24, 2.45) is 0 Å². The van der Waals surface area contributed by atoms with Crippen LogP contribution in [0.2, 0.25) is 0 Å². The number of nitrogens with one attached hydrogen (secondary N) is 1. The van der Waals surface area contributed by atoms with Gasteiger partial charge in [0.15, 0.2) is 5.76 Å². The maximum absolute atomic E-state index is 12.9. The fraction of sp³-hybridized carbons (Fsp3) is 0.312. The Bertz CT molecular complexity index is 598. The van der Waals surface area contributed by atoms with E-state index in [4.69, 9.17) is 9.52 Å². The van der Waals surface area contributed by atoms with Crippen molar-refractivity contribution < 1.29 is 18.7 Å². The highest BCUT2D eigenvalue weighted by Gasteiger charge is 2.11. The van der Waals surface area contributed by atoms with Crippen LogP contribution < -0.4 is 5.32 Å². The summed E-state index contributed by atoms with van der Waals surface area (Å²) in [4.78, 5) is 11.9. The molecule has 118 valence electrons. The van der Waals surface area contributed by atoms with Gasteiger partial charge in [-0.1, -0.05) is 0 Å². The van der Waals surface area contributed by atoms with Crippen LogP contribution >= 0.6 is 11.8 Å². The molecular weight excluding hydrogens is 305 g/mol. The molecule has 0 aliphatic rings. The molecule has 1 aromatic heterocycles. The van der Waals surface area contributed by atoms with Gasteiger partial charge in [-0.2, -0.15) is 11.8 Å². The SMILES string of the molecule is O=C(NCCSCCCO)c1ccc(-c2ccc(F)cc2)o1. The highest BCUT2D eigenvalue weighted by molar-refractivity contribution is 7.99. The number of furan rings is 1. The molecule has 0 saturated heterocycles. The largest absolute Gasteiger partial charge is 0.451 e. The van der Waals surface area contributed by atoms with Crippen molar-refractivity contribution in [1.82, 2.24) is 5.32 Å². The quantitative estimate of drug-likeness (QED) is 0.733. The standard InChI is InChI=1S/C16H18FNO3S/c17-13-4-2-12(3-5-13)14-6-7-15(21-14)16(20)18-8-11-22-10-1-9-19/h2-7,19H,1,8-11H2,(H,18,20). The number of halogens is 1. The third kappa shape index (κ3) is 4.89. The van der Waals surface area contributed by atoms with Crippen LogP contribution in [0.25, 0.3) is 11.3 Å². The van der Waals surface area contributed by atoms with Gasteiger partial charge in [0.1, 0.15) is 11.6 Å². The molecule has 0 aliphatic carbocycles. The van der Waals surface area contributed by atoms with Crippen molar-refractivity contribution in [3.05, 3.63) is 48.0 Å². The van der Waals surface area contributed by atoms with Crippen LogP contribution in [0.15, 0.2) is 40.8 Å². The molecule has 1 aromatic carbocycles. The summed E-state index contributed by atoms with van der Waals surface area (Å²) in [6.07, 6.45) is 0.762. The zero-order chi connectivity index (χ0) is 15.8. The predicted molar refractivity (Wildman–Crippen MR) is 85.5 cm³/mol. The Hall–Kier alpha value is -1.79. The molecule has 4 nitrogen and oxygen atoms in total. The second kappa shape index (κ2) is 8.60. The van der Waals surface area contributed by atoms with Crippen molar-refractivity contribution in [3.8, 4) is 11.3 Å². The lowest BCUT2D eigenvalue weighted by molar-refractivity contribution is 0.0929. The number of benzene rings is 1. The second-order valence-corrected chi connectivity index (χ2v) is 5.84. The number of carbonyl (C=O) groups excluding carboxylic acids is 1. The molecule has 2 aromatic rings. The average Bonchev–Trinajstić information content (AvgIpc) is 3.01. The fourth-order valence-corrected chi connectivity index (χ4v) is 2.61. The molecule has 0 fully saturated rings. The molecule has 1 amide bonds. The van der Waals surface area contributed by atoms with Crippen LogP contribution in [0.5, 0.6) is 0 Å². The third-order valence-corrected chi connectivity index (χ3v) is 4.01. The predicted octanol–water partition coefficient (Wildman–Crippen LogP) is 2.93. The van der Waals surface area contributed by atoms with Gasteiger partial charge in [-0.25, -0.2) is 4.39 Å². The summed E-state index contributed by atoms with van der Waals surface area (Å²) in [5.74, 6) is 1.85. The Kier molecular flexibility index (Phi) is 6.48. The molecule has 0 atom stereocenters. The lowest BCUT2D eigenvalue weighted by Crippen LogP contribution is -2.25. The second-order valence-electron chi connectivity index (χ2n) is 4.62. The summed E-state index contributed by atoms with van der Waals surface area (Å²) in [5, 5.41) is 11.4. The molecule has 0 saturated carbocycles. The molecular formula is C16H18FNO3S. The molecule has 2 N–H and O–H groups in total. The number of hydrogen-bond donors (Lipinski definition) is 2. The minimum Gasteiger partial charge on any atom is -0.451 e. The highest BCUT2D eigenvalue weighted by Crippen LogP contribution is 2.22. The van der Waals surface area contributed by atoms with Gasteiger partial charge in [-0.3, -0.25) is 4.79 Å². The molecule has 22 heavy (non-hydrogen) atoms. The third-order valence-electron chi connectivity index (χ3n) is 2.94. The van der Waals surface area contributed by atoms with Crippen LogP contribution in [-0.4, -0.2) is 35.7 Å². The smallest absolute Gasteiger partial charge is 0.287 e. The monoisotopic (exact) mass is 323 g/mol. The van der Waals surface area contributed by atoms with Crippen molar-refractivity contribution in [2.75, 3.05) is 24.7 Å². The fourth-order valence-electron chi connectivity index (χ4n) is 1.82. The van der Waals surface area contributed by atoms with Crippen molar-refractivity contribution >= 4 is 17.7 Å². The molecule has 0 spiro atoms. The van der Waals surface area contributed by atoms with Crippen molar-refractivity contribution in [3.63, 3.8) is 0 Å². The topological polar surface area (TPSA) is 62.5 Å². The summed E-state index contributed by atoms with van der Waals surface area (Å²) in [7, 11) is 0. The molecule has 0 unspecified atom stereocenters. The highest BCUT2D eigenvalue weighted by atomic mass is 32.2. The van der Waals surface area contributed by atoms with E-state index >= 15 is 0 Å². The van der Waals surface area contributed by atoms with Gasteiger partial charge >= 0.3 is 0 Å². The Labute approximate surface area is 132 Å². The summed E-state index contributed by atoms with van der Waals surface area (Å²) >= 11 is 1.68. The van der Waals surface area contributed by atoms with Crippen molar-refractivity contribution in [2.45, 2.75) is 6.42 Å². The minimum atomic E-state index is -0.313. The summed E-state index contributed by atoms with van der Waals surface area (Å²) in [6, 6.07) is 9.20. The summed E-state index contributed by atoms with van der Waals surface area (Å²) in [6.45, 7) is 0.736. The van der Waals surface area contributed by atoms with Crippen LogP contribution in [0.1, 0.15) is 17.0 Å². The number of carbonyl (C=O) groups is 1. The summed E-state index contributed by atoms with van der Waals surface area (Å²) < 4.78 is 18.4. The zero-order valence-corrected chi connectivity index (χ0v) is 12.9. The van der Waals surface area contributed by atoms with E-state index in [2.05, 4.69) is 5.32 Å². The number of aliphatic hydroxyl groups excluding tert-OH is 1. The van der Waals surface area contributed by atoms with Crippen molar-refractivity contribution in [1.29, 1.82) is 0 Å². The van der Waals surface area contributed by atoms with Gasteiger partial charge in [-0.15, -0.1) is 0 Å². The Morgan fingerprint density at radius 2 is 1.95 bits per heavy atom. The van der Waals surface area contributed by atoms with Crippen LogP contribution in [0, 0.1) is 5.82 Å². The van der Waals surface area contributed by atoms with Gasteiger partial charge in [0.2, 0.25) is 0 Å². The molecule has 1 heterocycles. The number of aliphatic hydroxyl groups is 1. The lowest BCUT2D eigenvalue weighted by atomic mass is 10.2. The Morgan fingerprint density at radius 3 is 2.68 bits per heavy atom. The van der Waals surface area contributed by atoms with Gasteiger partial charge < -0.3 is 14.8 Å². The normalized spacial score (nSPS) is 10.6. The number of thioether (sulfide) groups is 1. The van der Waals surface area contributed by atoms with E-state index in [1.165, 1.54) is 12.1 Å². The molecule has 2 rings (SSSR count). The Morgan fingerprint density at radius 1 is 1.18 bits per heavy atom. The van der Waals surface area contributed by atoms with Gasteiger partial charge in [0, 0.05) is 24.5 Å². The average molecular weight is 323 g/mol. The number of rotatable bonds is 8. The van der Waals surface area contributed by atoms with Crippen LogP contribution in [0.3, 0.4) is 0 Å². The van der Waals surface area contributed by atoms with Gasteiger partial charge in [0.25, 0.3) is 5.91 Å². The molecule has 0 bridgehead atoms. The Balaban J connectivity index is 1.83. The van der Waals surface area contributed by atoms with E-state index in [9.17, 15) is 9.18 Å². The van der Waals surface area contributed by atoms with E-state index in [0.717, 1.165) is 23.5 Å². The molecule has 0 radical (unpaired) electrons. The van der Waals surface area contributed by atoms with E-state index in [-0.39, 0.29) is 24.1 Å². The molecule has 6 heteroatoms. The van der Waals surface area contributed by atoms with Crippen LogP contribution in [0.4, 0.5) is 4.39 Å². The van der Waals surface area contributed by atoms with E-state index in [1.807, 2.05) is 0 Å². The van der Waals surface area contributed by atoms with Crippen LogP contribution in [-0.2, 0) is 0 Å². The lowest BCUT2D eigenvalue weighted by Gasteiger charge is -2.03. The first-order valence-electron chi connectivity index (χ1n) is 7.03. The minimum absolute atomic E-state index is 0.192. The number of hydrogen-bond acceptors (Lipinski definition) is 4. The van der Waals surface area contributed by atoms with Gasteiger partial charge in [0.05, 0.1) is 0 Å². The first kappa shape index (κ1) is 16.6. The zero-order valence-electron chi connectivity index (χ0n) is 12.0. The van der Waals surface area contributed by atoms with E-state index in [1.54, 1.807) is 36.0 Å².